The second kappa shape index (κ2) is 6.90. The van der Waals surface area contributed by atoms with Gasteiger partial charge in [0, 0.05) is 30.0 Å². The van der Waals surface area contributed by atoms with Gasteiger partial charge in [-0.2, -0.15) is 4.98 Å². The molecule has 0 spiro atoms. The Labute approximate surface area is 189 Å². The molecule has 0 atom stereocenters. The molecule has 3 aliphatic carbocycles. The molecular weight excluding hydrogens is 422 g/mol. The summed E-state index contributed by atoms with van der Waals surface area (Å²) >= 11 is 0. The van der Waals surface area contributed by atoms with Gasteiger partial charge >= 0.3 is 0 Å². The highest BCUT2D eigenvalue weighted by Gasteiger charge is 2.54. The number of imidazole rings is 1. The number of ether oxygens (including phenoxy) is 2. The number of hydrogen-bond donors (Lipinski definition) is 1. The molecule has 2 bridgehead atoms. The number of nitrogens with zero attached hydrogens (tertiary/aromatic N) is 4. The molecule has 9 heteroatoms. The third-order valence-electron chi connectivity index (χ3n) is 7.53. The van der Waals surface area contributed by atoms with Crippen molar-refractivity contribution < 1.29 is 14.3 Å². The molecular formula is C24H25N5O4. The second-order valence-electron chi connectivity index (χ2n) is 9.91. The number of aromatic nitrogens is 4. The molecule has 0 aromatic carbocycles. The van der Waals surface area contributed by atoms with Crippen LogP contribution < -0.4 is 15.6 Å². The summed E-state index contributed by atoms with van der Waals surface area (Å²) < 4.78 is 15.3. The minimum absolute atomic E-state index is 0.0340. The van der Waals surface area contributed by atoms with Gasteiger partial charge in [0.15, 0.2) is 0 Å². The van der Waals surface area contributed by atoms with Crippen molar-refractivity contribution in [3.8, 4) is 5.88 Å². The average Bonchev–Trinajstić information content (AvgIpc) is 3.17. The minimum atomic E-state index is -0.411. The van der Waals surface area contributed by atoms with Crippen LogP contribution in [0, 0.1) is 0 Å². The van der Waals surface area contributed by atoms with Gasteiger partial charge in [-0.25, -0.2) is 4.98 Å². The van der Waals surface area contributed by atoms with Gasteiger partial charge in [0.05, 0.1) is 18.4 Å². The number of nitrogens with one attached hydrogen (secondary N) is 1. The standard InChI is InChI=1S/C24H25N5O4/c30-20(25-18-5-2-8-29(22(18)31)14-6-7-14)17-11-28-12-19(24-9-16(10-24)32-13-24)26-23(28)27-21(17)33-15-3-1-4-15/h2,5,8,11-12,14-16H,1,3-4,6-7,9-10,13H2,(H,25,30). The normalized spacial score (nSPS) is 26.1. The van der Waals surface area contributed by atoms with Gasteiger partial charge < -0.3 is 19.4 Å². The van der Waals surface area contributed by atoms with Crippen LogP contribution >= 0.6 is 0 Å². The topological polar surface area (TPSA) is 99.8 Å². The summed E-state index contributed by atoms with van der Waals surface area (Å²) in [6.07, 6.45) is 12.8. The number of anilines is 1. The van der Waals surface area contributed by atoms with Crippen LogP contribution in [0.25, 0.3) is 5.78 Å². The van der Waals surface area contributed by atoms with Gasteiger partial charge in [-0.15, -0.1) is 0 Å². The van der Waals surface area contributed by atoms with E-state index < -0.39 is 5.91 Å². The molecule has 3 saturated carbocycles. The molecule has 0 radical (unpaired) electrons. The highest BCUT2D eigenvalue weighted by atomic mass is 16.5. The van der Waals surface area contributed by atoms with Gasteiger partial charge in [0.1, 0.15) is 17.4 Å². The Hall–Kier alpha value is -3.20. The van der Waals surface area contributed by atoms with Crippen LogP contribution in [0.15, 0.2) is 35.5 Å². The SMILES string of the molecule is O=C(Nc1cccn(C2CC2)c1=O)c1cn2cc(C34COC(C3)C4)nc2nc1OC1CCC1. The molecule has 1 amide bonds. The van der Waals surface area contributed by atoms with Crippen molar-refractivity contribution in [2.75, 3.05) is 11.9 Å². The molecule has 5 aliphatic rings. The van der Waals surface area contributed by atoms with E-state index in [0.717, 1.165) is 50.6 Å². The van der Waals surface area contributed by atoms with Crippen molar-refractivity contribution >= 4 is 17.4 Å². The van der Waals surface area contributed by atoms with E-state index >= 15 is 0 Å². The molecule has 1 N–H and O–H groups in total. The first-order valence-corrected chi connectivity index (χ1v) is 11.8. The van der Waals surface area contributed by atoms with Crippen LogP contribution in [0.2, 0.25) is 0 Å². The summed E-state index contributed by atoms with van der Waals surface area (Å²) in [7, 11) is 0. The fourth-order valence-corrected chi connectivity index (χ4v) is 5.10. The van der Waals surface area contributed by atoms with E-state index in [1.807, 2.05) is 6.20 Å². The Morgan fingerprint density at radius 1 is 1.18 bits per heavy atom. The summed E-state index contributed by atoms with van der Waals surface area (Å²) in [5.41, 5.74) is 1.29. The molecule has 3 aromatic rings. The Morgan fingerprint density at radius 2 is 2.03 bits per heavy atom. The van der Waals surface area contributed by atoms with Crippen molar-refractivity contribution in [2.24, 2.45) is 0 Å². The average molecular weight is 447 g/mol. The van der Waals surface area contributed by atoms with Crippen LogP contribution in [-0.2, 0) is 10.2 Å². The number of pyridine rings is 1. The fourth-order valence-electron chi connectivity index (χ4n) is 5.10. The smallest absolute Gasteiger partial charge is 0.274 e. The van der Waals surface area contributed by atoms with Crippen molar-refractivity contribution in [3.63, 3.8) is 0 Å². The maximum absolute atomic E-state index is 13.3. The lowest BCUT2D eigenvalue weighted by Crippen LogP contribution is -2.37. The summed E-state index contributed by atoms with van der Waals surface area (Å²) in [6, 6.07) is 3.66. The van der Waals surface area contributed by atoms with E-state index in [2.05, 4.69) is 10.3 Å². The van der Waals surface area contributed by atoms with Crippen molar-refractivity contribution in [3.05, 3.63) is 52.3 Å². The zero-order chi connectivity index (χ0) is 22.2. The van der Waals surface area contributed by atoms with Gasteiger partial charge in [-0.3, -0.25) is 14.0 Å². The van der Waals surface area contributed by atoms with E-state index in [9.17, 15) is 9.59 Å². The summed E-state index contributed by atoms with van der Waals surface area (Å²) in [6.45, 7) is 0.682. The zero-order valence-corrected chi connectivity index (χ0v) is 18.2. The van der Waals surface area contributed by atoms with E-state index in [1.165, 1.54) is 0 Å². The Balaban J connectivity index is 1.25. The van der Waals surface area contributed by atoms with Crippen LogP contribution in [0.1, 0.15) is 67.0 Å². The van der Waals surface area contributed by atoms with Gasteiger partial charge in [0.25, 0.3) is 11.5 Å². The molecule has 8 rings (SSSR count). The monoisotopic (exact) mass is 447 g/mol. The number of hydrogen-bond acceptors (Lipinski definition) is 6. The second-order valence-corrected chi connectivity index (χ2v) is 9.91. The molecule has 2 aliphatic heterocycles. The number of carbonyl (C=O) groups excluding carboxylic acids is 1. The third-order valence-corrected chi connectivity index (χ3v) is 7.53. The van der Waals surface area contributed by atoms with E-state index in [1.54, 1.807) is 33.5 Å². The first kappa shape index (κ1) is 19.3. The number of carbonyl (C=O) groups is 1. The Bertz CT molecular complexity index is 1320. The lowest BCUT2D eigenvalue weighted by molar-refractivity contribution is 0.0979. The summed E-state index contributed by atoms with van der Waals surface area (Å²) in [4.78, 5) is 35.5. The van der Waals surface area contributed by atoms with Crippen LogP contribution in [0.4, 0.5) is 5.69 Å². The quantitative estimate of drug-likeness (QED) is 0.624. The maximum Gasteiger partial charge on any atom is 0.274 e. The molecule has 9 nitrogen and oxygen atoms in total. The van der Waals surface area contributed by atoms with Crippen LogP contribution in [0.5, 0.6) is 5.88 Å². The first-order chi connectivity index (χ1) is 16.1. The van der Waals surface area contributed by atoms with E-state index in [4.69, 9.17) is 14.5 Å². The summed E-state index contributed by atoms with van der Waals surface area (Å²) in [5, 5.41) is 2.80. The Kier molecular flexibility index (Phi) is 4.03. The van der Waals surface area contributed by atoms with Gasteiger partial charge in [-0.1, -0.05) is 0 Å². The van der Waals surface area contributed by atoms with E-state index in [-0.39, 0.29) is 34.7 Å². The third kappa shape index (κ3) is 3.09. The van der Waals surface area contributed by atoms with Crippen molar-refractivity contribution in [1.82, 2.24) is 18.9 Å². The van der Waals surface area contributed by atoms with Crippen molar-refractivity contribution in [2.45, 2.75) is 68.6 Å². The van der Waals surface area contributed by atoms with Gasteiger partial charge in [-0.05, 0) is 57.1 Å². The molecule has 33 heavy (non-hydrogen) atoms. The Morgan fingerprint density at radius 3 is 2.73 bits per heavy atom. The first-order valence-electron chi connectivity index (χ1n) is 11.8. The molecule has 170 valence electrons. The molecule has 5 fully saturated rings. The number of amides is 1. The summed E-state index contributed by atoms with van der Waals surface area (Å²) in [5.74, 6) is 0.369. The minimum Gasteiger partial charge on any atom is -0.474 e. The largest absolute Gasteiger partial charge is 0.474 e. The number of rotatable bonds is 6. The lowest BCUT2D eigenvalue weighted by Gasteiger charge is -2.33. The fraction of sp³-hybridized carbons (Fsp3) is 0.500. The molecule has 0 unspecified atom stereocenters. The number of fused-ring (bicyclic) bond motifs is 2. The lowest BCUT2D eigenvalue weighted by atomic mass is 9.68. The van der Waals surface area contributed by atoms with Crippen LogP contribution in [-0.4, -0.2) is 43.7 Å². The maximum atomic E-state index is 13.3. The van der Waals surface area contributed by atoms with Crippen molar-refractivity contribution in [1.29, 1.82) is 0 Å². The predicted octanol–water partition coefficient (Wildman–Crippen LogP) is 2.84. The predicted molar refractivity (Wildman–Crippen MR) is 119 cm³/mol. The van der Waals surface area contributed by atoms with Gasteiger partial charge in [0.2, 0.25) is 11.7 Å². The highest BCUT2D eigenvalue weighted by Crippen LogP contribution is 2.51. The highest BCUT2D eigenvalue weighted by molar-refractivity contribution is 6.05. The van der Waals surface area contributed by atoms with Crippen LogP contribution in [0.3, 0.4) is 0 Å². The molecule has 2 saturated heterocycles. The molecule has 5 heterocycles. The van der Waals surface area contributed by atoms with E-state index in [0.29, 0.717) is 24.1 Å². The zero-order valence-electron chi connectivity index (χ0n) is 18.2. The molecule has 3 aromatic heterocycles.